The summed E-state index contributed by atoms with van der Waals surface area (Å²) in [4.78, 5) is 14.5. The van der Waals surface area contributed by atoms with E-state index in [0.717, 1.165) is 5.56 Å². The highest BCUT2D eigenvalue weighted by atomic mass is 32.2. The van der Waals surface area contributed by atoms with Crippen LogP contribution in [-0.4, -0.2) is 50.8 Å². The maximum absolute atomic E-state index is 14.1. The Morgan fingerprint density at radius 2 is 1.72 bits per heavy atom. The summed E-state index contributed by atoms with van der Waals surface area (Å²) in [7, 11) is -3.36. The van der Waals surface area contributed by atoms with Gasteiger partial charge in [-0.25, -0.2) is 8.42 Å². The highest BCUT2D eigenvalue weighted by Crippen LogP contribution is 2.46. The van der Waals surface area contributed by atoms with Crippen molar-refractivity contribution >= 4 is 27.3 Å². The molecule has 0 aromatic heterocycles. The molecule has 0 aliphatic carbocycles. The Morgan fingerprint density at radius 1 is 1.03 bits per heavy atom. The van der Waals surface area contributed by atoms with Crippen molar-refractivity contribution < 1.29 is 26.4 Å². The number of amides is 1. The van der Waals surface area contributed by atoms with Crippen LogP contribution >= 0.6 is 0 Å². The van der Waals surface area contributed by atoms with E-state index < -0.39 is 34.1 Å². The summed E-state index contributed by atoms with van der Waals surface area (Å²) in [6.45, 7) is 0.447. The summed E-state index contributed by atoms with van der Waals surface area (Å²) in [6, 6.07) is 15.0. The fourth-order valence-electron chi connectivity index (χ4n) is 4.30. The summed E-state index contributed by atoms with van der Waals surface area (Å²) < 4.78 is 67.6. The smallest absolute Gasteiger partial charge is 0.325 e. The van der Waals surface area contributed by atoms with Crippen LogP contribution in [0.3, 0.4) is 0 Å². The van der Waals surface area contributed by atoms with E-state index >= 15 is 0 Å². The van der Waals surface area contributed by atoms with Gasteiger partial charge in [0.25, 0.3) is 0 Å². The number of benzene rings is 2. The van der Waals surface area contributed by atoms with Crippen molar-refractivity contribution in [1.82, 2.24) is 4.90 Å². The number of hydrogen-bond donors (Lipinski definition) is 1. The molecule has 0 radical (unpaired) electrons. The largest absolute Gasteiger partial charge is 0.404 e. The molecule has 6 nitrogen and oxygen atoms in total. The molecule has 1 unspecified atom stereocenters. The maximum atomic E-state index is 14.1. The van der Waals surface area contributed by atoms with Crippen LogP contribution in [-0.2, 0) is 21.4 Å². The predicted molar refractivity (Wildman–Crippen MR) is 116 cm³/mol. The first kappa shape index (κ1) is 22.6. The first-order chi connectivity index (χ1) is 15.1. The molecule has 0 spiro atoms. The molecule has 2 aromatic carbocycles. The van der Waals surface area contributed by atoms with Gasteiger partial charge in [-0.1, -0.05) is 30.3 Å². The van der Waals surface area contributed by atoms with Crippen LogP contribution in [0, 0.1) is 5.41 Å². The summed E-state index contributed by atoms with van der Waals surface area (Å²) >= 11 is 0. The van der Waals surface area contributed by atoms with Crippen molar-refractivity contribution in [3.63, 3.8) is 0 Å². The molecule has 32 heavy (non-hydrogen) atoms. The van der Waals surface area contributed by atoms with Gasteiger partial charge in [0.05, 0.1) is 11.4 Å². The average Bonchev–Trinajstić information content (AvgIpc) is 3.33. The van der Waals surface area contributed by atoms with Crippen LogP contribution in [0.2, 0.25) is 0 Å². The van der Waals surface area contributed by atoms with Crippen LogP contribution in [0.25, 0.3) is 0 Å². The lowest BCUT2D eigenvalue weighted by Gasteiger charge is -2.30. The van der Waals surface area contributed by atoms with E-state index in [9.17, 15) is 26.4 Å². The number of alkyl halides is 3. The minimum Gasteiger partial charge on any atom is -0.325 e. The normalized spacial score (nSPS) is 23.4. The van der Waals surface area contributed by atoms with Gasteiger partial charge in [0.2, 0.25) is 15.9 Å². The number of hydrogen-bond acceptors (Lipinski definition) is 4. The highest BCUT2D eigenvalue weighted by Gasteiger charge is 2.63. The zero-order valence-corrected chi connectivity index (χ0v) is 18.1. The first-order valence-electron chi connectivity index (χ1n) is 10.4. The van der Waals surface area contributed by atoms with Crippen molar-refractivity contribution in [2.45, 2.75) is 25.6 Å². The number of rotatable bonds is 5. The average molecular weight is 468 g/mol. The molecule has 1 atom stereocenters. The Morgan fingerprint density at radius 3 is 2.31 bits per heavy atom. The second-order valence-electron chi connectivity index (χ2n) is 8.27. The van der Waals surface area contributed by atoms with Gasteiger partial charge in [0.1, 0.15) is 0 Å². The summed E-state index contributed by atoms with van der Waals surface area (Å²) in [5.74, 6) is -1.03. The number of likely N-dealkylation sites (tertiary alicyclic amines) is 1. The zero-order valence-electron chi connectivity index (χ0n) is 17.3. The van der Waals surface area contributed by atoms with Crippen LogP contribution in [0.4, 0.5) is 24.5 Å². The molecule has 2 aliphatic heterocycles. The molecule has 2 aliphatic rings. The Balaban J connectivity index is 1.48. The maximum Gasteiger partial charge on any atom is 0.404 e. The number of nitrogens with zero attached hydrogens (tertiary/aromatic N) is 2. The predicted octanol–water partition coefficient (Wildman–Crippen LogP) is 3.62. The summed E-state index contributed by atoms with van der Waals surface area (Å²) in [5.41, 5.74) is -0.988. The number of halogens is 3. The van der Waals surface area contributed by atoms with E-state index in [1.54, 1.807) is 4.90 Å². The molecule has 2 aromatic rings. The van der Waals surface area contributed by atoms with E-state index in [1.807, 2.05) is 30.3 Å². The Labute approximate surface area is 185 Å². The van der Waals surface area contributed by atoms with Gasteiger partial charge in [-0.2, -0.15) is 13.2 Å². The van der Waals surface area contributed by atoms with E-state index in [4.69, 9.17) is 0 Å². The van der Waals surface area contributed by atoms with Crippen molar-refractivity contribution in [2.75, 3.05) is 35.0 Å². The van der Waals surface area contributed by atoms with Crippen molar-refractivity contribution in [3.05, 3.63) is 60.2 Å². The number of nitrogens with one attached hydrogen (secondary N) is 1. The lowest BCUT2D eigenvalue weighted by atomic mass is 9.85. The summed E-state index contributed by atoms with van der Waals surface area (Å²) in [6.07, 6.45) is -4.50. The lowest BCUT2D eigenvalue weighted by molar-refractivity contribution is -0.215. The minimum atomic E-state index is -4.70. The third-order valence-corrected chi connectivity index (χ3v) is 7.96. The zero-order chi connectivity index (χ0) is 23.0. The Kier molecular flexibility index (Phi) is 5.93. The van der Waals surface area contributed by atoms with Crippen LogP contribution in [0.5, 0.6) is 0 Å². The Hall–Kier alpha value is -2.59. The number of carbonyl (C=O) groups is 1. The molecule has 2 saturated heterocycles. The van der Waals surface area contributed by atoms with Gasteiger partial charge in [0.15, 0.2) is 5.41 Å². The SMILES string of the molecule is O=C(Nc1ccc(N2CCCS2(=O)=O)cc1)C1(C(F)(F)F)CCN(Cc2ccccc2)C1. The molecule has 1 amide bonds. The van der Waals surface area contributed by atoms with Crippen LogP contribution < -0.4 is 9.62 Å². The topological polar surface area (TPSA) is 69.7 Å². The molecule has 172 valence electrons. The third-order valence-electron chi connectivity index (χ3n) is 6.09. The van der Waals surface area contributed by atoms with E-state index in [-0.39, 0.29) is 24.4 Å². The molecule has 0 bridgehead atoms. The van der Waals surface area contributed by atoms with Gasteiger partial charge in [-0.05, 0) is 49.2 Å². The van der Waals surface area contributed by atoms with Crippen LogP contribution in [0.15, 0.2) is 54.6 Å². The molecular weight excluding hydrogens is 443 g/mol. The highest BCUT2D eigenvalue weighted by molar-refractivity contribution is 7.93. The molecule has 2 heterocycles. The Bertz CT molecular complexity index is 1080. The van der Waals surface area contributed by atoms with Gasteiger partial charge < -0.3 is 5.32 Å². The van der Waals surface area contributed by atoms with Crippen LogP contribution in [0.1, 0.15) is 18.4 Å². The van der Waals surface area contributed by atoms with Crippen molar-refractivity contribution in [2.24, 2.45) is 5.41 Å². The molecule has 4 rings (SSSR count). The van der Waals surface area contributed by atoms with Gasteiger partial charge >= 0.3 is 6.18 Å². The standard InChI is InChI=1S/C22H24F3N3O3S/c23-22(24,25)21(11-13-27(16-21)15-17-5-2-1-3-6-17)20(29)26-18-7-9-19(10-8-18)28-12-4-14-32(28,30)31/h1-3,5-10H,4,11-16H2,(H,26,29). The lowest BCUT2D eigenvalue weighted by Crippen LogP contribution is -2.49. The summed E-state index contributed by atoms with van der Waals surface area (Å²) in [5, 5.41) is 2.40. The fourth-order valence-corrected chi connectivity index (χ4v) is 5.87. The quantitative estimate of drug-likeness (QED) is 0.729. The van der Waals surface area contributed by atoms with Gasteiger partial charge in [0, 0.05) is 25.3 Å². The second-order valence-corrected chi connectivity index (χ2v) is 10.3. The van der Waals surface area contributed by atoms with Crippen molar-refractivity contribution in [1.29, 1.82) is 0 Å². The van der Waals surface area contributed by atoms with Gasteiger partial charge in [-0.15, -0.1) is 0 Å². The molecule has 2 fully saturated rings. The minimum absolute atomic E-state index is 0.0685. The van der Waals surface area contributed by atoms with E-state index in [0.29, 0.717) is 25.2 Å². The number of carbonyl (C=O) groups excluding carboxylic acids is 1. The van der Waals surface area contributed by atoms with E-state index in [2.05, 4.69) is 5.32 Å². The fraction of sp³-hybridized carbons (Fsp3) is 0.409. The second kappa shape index (κ2) is 8.40. The molecular formula is C22H24F3N3O3S. The molecule has 1 N–H and O–H groups in total. The monoisotopic (exact) mass is 467 g/mol. The molecule has 10 heteroatoms. The number of sulfonamides is 1. The van der Waals surface area contributed by atoms with Crippen molar-refractivity contribution in [3.8, 4) is 0 Å². The molecule has 0 saturated carbocycles. The number of anilines is 2. The third kappa shape index (κ3) is 4.33. The van der Waals surface area contributed by atoms with Gasteiger partial charge in [-0.3, -0.25) is 14.0 Å². The van der Waals surface area contributed by atoms with E-state index in [1.165, 1.54) is 28.6 Å². The first-order valence-corrected chi connectivity index (χ1v) is 12.0.